The predicted octanol–water partition coefficient (Wildman–Crippen LogP) is 21.3. The molecule has 0 rings (SSSR count). The van der Waals surface area contributed by atoms with Gasteiger partial charge in [0.1, 0.15) is 13.2 Å². The Morgan fingerprint density at radius 1 is 0.288 bits per heavy atom. The van der Waals surface area contributed by atoms with E-state index in [2.05, 4.69) is 87.6 Å². The quantitative estimate of drug-likeness (QED) is 0.0261. The molecule has 0 aliphatic rings. The summed E-state index contributed by atoms with van der Waals surface area (Å²) < 4.78 is 16.8. The number of allylic oxidation sites excluding steroid dienone is 12. The fourth-order valence-corrected chi connectivity index (χ4v) is 9.02. The van der Waals surface area contributed by atoms with Gasteiger partial charge in [0, 0.05) is 19.3 Å². The highest BCUT2D eigenvalue weighted by atomic mass is 16.6. The molecule has 0 saturated heterocycles. The van der Waals surface area contributed by atoms with Crippen molar-refractivity contribution in [1.82, 2.24) is 0 Å². The van der Waals surface area contributed by atoms with Crippen LogP contribution in [0.25, 0.3) is 0 Å². The molecule has 6 heteroatoms. The fraction of sp³-hybridized carbons (Fsp3) is 0.776. The Labute approximate surface area is 453 Å². The zero-order valence-electron chi connectivity index (χ0n) is 48.4. The number of ether oxygens (including phenoxy) is 3. The van der Waals surface area contributed by atoms with E-state index in [0.29, 0.717) is 19.3 Å². The van der Waals surface area contributed by atoms with Gasteiger partial charge in [-0.15, -0.1) is 0 Å². The maximum Gasteiger partial charge on any atom is 0.306 e. The van der Waals surface area contributed by atoms with Gasteiger partial charge in [0.2, 0.25) is 0 Å². The Kier molecular flexibility index (Phi) is 58.7. The van der Waals surface area contributed by atoms with Gasteiger partial charge in [-0.3, -0.25) is 14.4 Å². The summed E-state index contributed by atoms with van der Waals surface area (Å²) in [7, 11) is 0. The lowest BCUT2D eigenvalue weighted by Crippen LogP contribution is -2.30. The number of hydrogen-bond acceptors (Lipinski definition) is 6. The van der Waals surface area contributed by atoms with E-state index in [4.69, 9.17) is 14.2 Å². The molecule has 0 saturated carbocycles. The third-order valence-corrected chi connectivity index (χ3v) is 13.7. The third kappa shape index (κ3) is 59.6. The minimum absolute atomic E-state index is 0.0981. The standard InChI is InChI=1S/C67H118O6/c1-4-7-10-13-16-19-22-25-27-29-30-31-32-33-34-35-36-38-39-42-45-48-51-54-57-60-66(69)72-63-64(62-71-65(68)59-56-53-50-47-44-41-24-21-18-15-12-9-6-3)73-67(70)61-58-55-52-49-46-43-40-37-28-26-23-20-17-14-11-8-5-2/h9,12,17-18,20-21,26,28,41,44,50,53,64H,4-8,10-11,13-16,19,22-25,27,29-40,42-43,45-49,51-52,54-63H2,1-3H3/b12-9-,20-17-,21-18-,28-26-,44-41-,53-50-. The fourth-order valence-electron chi connectivity index (χ4n) is 9.02. The monoisotopic (exact) mass is 1020 g/mol. The van der Waals surface area contributed by atoms with Crippen LogP contribution in [0.5, 0.6) is 0 Å². The molecule has 0 aromatic carbocycles. The van der Waals surface area contributed by atoms with Crippen LogP contribution in [0, 0.1) is 0 Å². The average molecular weight is 1020 g/mol. The summed E-state index contributed by atoms with van der Waals surface area (Å²) in [4.78, 5) is 38.2. The molecule has 73 heavy (non-hydrogen) atoms. The van der Waals surface area contributed by atoms with Crippen LogP contribution in [-0.4, -0.2) is 37.2 Å². The van der Waals surface area contributed by atoms with Crippen LogP contribution in [0.4, 0.5) is 0 Å². The van der Waals surface area contributed by atoms with Crippen molar-refractivity contribution in [2.45, 2.75) is 322 Å². The highest BCUT2D eigenvalue weighted by Gasteiger charge is 2.19. The molecule has 0 bridgehead atoms. The van der Waals surface area contributed by atoms with Crippen molar-refractivity contribution in [1.29, 1.82) is 0 Å². The largest absolute Gasteiger partial charge is 0.462 e. The van der Waals surface area contributed by atoms with Crippen LogP contribution in [0.3, 0.4) is 0 Å². The molecule has 422 valence electrons. The topological polar surface area (TPSA) is 78.9 Å². The van der Waals surface area contributed by atoms with Crippen LogP contribution >= 0.6 is 0 Å². The molecule has 0 N–H and O–H groups in total. The summed E-state index contributed by atoms with van der Waals surface area (Å²) in [6.45, 7) is 6.47. The van der Waals surface area contributed by atoms with E-state index in [0.717, 1.165) is 77.0 Å². The normalized spacial score (nSPS) is 12.5. The second-order valence-electron chi connectivity index (χ2n) is 20.9. The lowest BCUT2D eigenvalue weighted by atomic mass is 10.0. The maximum atomic E-state index is 12.9. The molecule has 0 radical (unpaired) electrons. The van der Waals surface area contributed by atoms with Gasteiger partial charge in [0.25, 0.3) is 0 Å². The van der Waals surface area contributed by atoms with Gasteiger partial charge >= 0.3 is 17.9 Å². The summed E-state index contributed by atoms with van der Waals surface area (Å²) in [5, 5.41) is 0. The molecular formula is C67H118O6. The zero-order valence-corrected chi connectivity index (χ0v) is 48.4. The van der Waals surface area contributed by atoms with E-state index in [9.17, 15) is 14.4 Å². The zero-order chi connectivity index (χ0) is 52.9. The molecule has 0 aliphatic heterocycles. The Hall–Kier alpha value is -3.15. The van der Waals surface area contributed by atoms with Crippen LogP contribution in [0.15, 0.2) is 72.9 Å². The first-order valence-electron chi connectivity index (χ1n) is 31.4. The molecule has 6 nitrogen and oxygen atoms in total. The van der Waals surface area contributed by atoms with Gasteiger partial charge in [-0.1, -0.05) is 293 Å². The Bertz CT molecular complexity index is 1360. The molecule has 0 aromatic rings. The average Bonchev–Trinajstić information content (AvgIpc) is 3.39. The second-order valence-corrected chi connectivity index (χ2v) is 20.9. The Morgan fingerprint density at radius 2 is 0.562 bits per heavy atom. The lowest BCUT2D eigenvalue weighted by Gasteiger charge is -2.18. The first kappa shape index (κ1) is 69.8. The number of hydrogen-bond donors (Lipinski definition) is 0. The van der Waals surface area contributed by atoms with E-state index in [-0.39, 0.29) is 37.5 Å². The number of unbranched alkanes of at least 4 members (excludes halogenated alkanes) is 34. The van der Waals surface area contributed by atoms with Crippen molar-refractivity contribution >= 4 is 17.9 Å². The molecular weight excluding hydrogens is 901 g/mol. The molecule has 0 heterocycles. The molecule has 0 aliphatic carbocycles. The third-order valence-electron chi connectivity index (χ3n) is 13.7. The van der Waals surface area contributed by atoms with E-state index in [1.807, 2.05) is 6.08 Å². The van der Waals surface area contributed by atoms with E-state index < -0.39 is 6.10 Å². The molecule has 0 amide bonds. The van der Waals surface area contributed by atoms with Gasteiger partial charge in [-0.05, 0) is 77.0 Å². The van der Waals surface area contributed by atoms with Crippen molar-refractivity contribution in [3.05, 3.63) is 72.9 Å². The van der Waals surface area contributed by atoms with Gasteiger partial charge in [-0.2, -0.15) is 0 Å². The number of carbonyl (C=O) groups excluding carboxylic acids is 3. The minimum atomic E-state index is -0.808. The molecule has 1 unspecified atom stereocenters. The summed E-state index contributed by atoms with van der Waals surface area (Å²) >= 11 is 0. The molecule has 0 aromatic heterocycles. The lowest BCUT2D eigenvalue weighted by molar-refractivity contribution is -0.166. The van der Waals surface area contributed by atoms with Crippen molar-refractivity contribution in [3.63, 3.8) is 0 Å². The van der Waals surface area contributed by atoms with Gasteiger partial charge in [-0.25, -0.2) is 0 Å². The van der Waals surface area contributed by atoms with Crippen molar-refractivity contribution < 1.29 is 28.6 Å². The SMILES string of the molecule is CC/C=C\C/C=C\C/C=C\C/C=C\CCC(=O)OCC(COC(=O)CCCCCCCCCCCCCCCCCCCCCCCCCCC)OC(=O)CCCCCCCCC/C=C\C/C=C\CCCCC. The van der Waals surface area contributed by atoms with Crippen LogP contribution in [0.1, 0.15) is 316 Å². The molecule has 1 atom stereocenters. The number of rotatable bonds is 57. The minimum Gasteiger partial charge on any atom is -0.462 e. The van der Waals surface area contributed by atoms with Gasteiger partial charge in [0.15, 0.2) is 6.10 Å². The van der Waals surface area contributed by atoms with Crippen LogP contribution in [-0.2, 0) is 28.6 Å². The van der Waals surface area contributed by atoms with Crippen LogP contribution in [0.2, 0.25) is 0 Å². The number of carbonyl (C=O) groups is 3. The highest BCUT2D eigenvalue weighted by Crippen LogP contribution is 2.17. The number of esters is 3. The van der Waals surface area contributed by atoms with E-state index in [1.165, 1.54) is 193 Å². The molecule has 0 spiro atoms. The van der Waals surface area contributed by atoms with Crippen molar-refractivity contribution in [2.75, 3.05) is 13.2 Å². The van der Waals surface area contributed by atoms with Crippen molar-refractivity contribution in [3.8, 4) is 0 Å². The van der Waals surface area contributed by atoms with E-state index in [1.54, 1.807) is 0 Å². The summed E-state index contributed by atoms with van der Waals surface area (Å²) in [5.41, 5.74) is 0. The Balaban J connectivity index is 4.30. The predicted molar refractivity (Wildman–Crippen MR) is 316 cm³/mol. The van der Waals surface area contributed by atoms with E-state index >= 15 is 0 Å². The summed E-state index contributed by atoms with van der Waals surface area (Å²) in [5.74, 6) is -0.978. The molecule has 0 fully saturated rings. The first-order chi connectivity index (χ1) is 36.0. The van der Waals surface area contributed by atoms with Crippen LogP contribution < -0.4 is 0 Å². The van der Waals surface area contributed by atoms with Gasteiger partial charge in [0.05, 0.1) is 0 Å². The Morgan fingerprint density at radius 3 is 0.945 bits per heavy atom. The highest BCUT2D eigenvalue weighted by molar-refractivity contribution is 5.71. The second kappa shape index (κ2) is 61.4. The van der Waals surface area contributed by atoms with Gasteiger partial charge < -0.3 is 14.2 Å². The first-order valence-corrected chi connectivity index (χ1v) is 31.4. The summed E-state index contributed by atoms with van der Waals surface area (Å²) in [6, 6.07) is 0. The maximum absolute atomic E-state index is 12.9. The van der Waals surface area contributed by atoms with Crippen molar-refractivity contribution in [2.24, 2.45) is 0 Å². The smallest absolute Gasteiger partial charge is 0.306 e. The summed E-state index contributed by atoms with van der Waals surface area (Å²) in [6.07, 6.45) is 79.3.